The number of amides is 1. The molecule has 0 aliphatic carbocycles. The third-order valence-electron chi connectivity index (χ3n) is 5.20. The number of piperidine rings is 1. The van der Waals surface area contributed by atoms with Crippen molar-refractivity contribution in [3.63, 3.8) is 0 Å². The molecule has 3 heterocycles. The molecule has 1 aliphatic heterocycles. The lowest BCUT2D eigenvalue weighted by atomic mass is 9.97. The van der Waals surface area contributed by atoms with Crippen molar-refractivity contribution in [1.29, 1.82) is 0 Å². The SMILES string of the molecule is COc1cccc(CNC(=O)CN2CCC[C@H](c3nnc4ccccn34)C2)c1. The number of nitrogens with zero attached hydrogens (tertiary/aromatic N) is 4. The summed E-state index contributed by atoms with van der Waals surface area (Å²) in [5, 5.41) is 11.7. The van der Waals surface area contributed by atoms with E-state index in [-0.39, 0.29) is 11.8 Å². The van der Waals surface area contributed by atoms with E-state index in [1.54, 1.807) is 7.11 Å². The normalized spacial score (nSPS) is 17.5. The predicted molar refractivity (Wildman–Crippen MR) is 106 cm³/mol. The smallest absolute Gasteiger partial charge is 0.234 e. The highest BCUT2D eigenvalue weighted by Crippen LogP contribution is 2.25. The third kappa shape index (κ3) is 4.14. The fourth-order valence-electron chi connectivity index (χ4n) is 3.79. The van der Waals surface area contributed by atoms with Gasteiger partial charge in [0.05, 0.1) is 13.7 Å². The van der Waals surface area contributed by atoms with Gasteiger partial charge in [-0.1, -0.05) is 18.2 Å². The third-order valence-corrected chi connectivity index (χ3v) is 5.20. The number of carbonyl (C=O) groups is 1. The Morgan fingerprint density at radius 1 is 1.25 bits per heavy atom. The van der Waals surface area contributed by atoms with Crippen LogP contribution in [0.4, 0.5) is 0 Å². The number of rotatable bonds is 6. The van der Waals surface area contributed by atoms with Crippen molar-refractivity contribution in [1.82, 2.24) is 24.8 Å². The number of carbonyl (C=O) groups excluding carboxylic acids is 1. The van der Waals surface area contributed by atoms with Gasteiger partial charge in [-0.05, 0) is 49.2 Å². The molecule has 1 N–H and O–H groups in total. The van der Waals surface area contributed by atoms with E-state index in [1.807, 2.05) is 48.7 Å². The van der Waals surface area contributed by atoms with Gasteiger partial charge in [0, 0.05) is 25.2 Å². The van der Waals surface area contributed by atoms with E-state index in [9.17, 15) is 4.79 Å². The monoisotopic (exact) mass is 379 g/mol. The standard InChI is InChI=1S/C21H25N5O2/c1-28-18-8-4-6-16(12-18)13-22-20(27)15-25-10-5-7-17(14-25)21-24-23-19-9-2-3-11-26(19)21/h2-4,6,8-9,11-12,17H,5,7,10,13-15H2,1H3,(H,22,27)/t17-/m0/s1. The van der Waals surface area contributed by atoms with Crippen LogP contribution in [0.15, 0.2) is 48.7 Å². The quantitative estimate of drug-likeness (QED) is 0.711. The van der Waals surface area contributed by atoms with E-state index in [4.69, 9.17) is 4.74 Å². The number of pyridine rings is 1. The van der Waals surface area contributed by atoms with Crippen molar-refractivity contribution in [2.45, 2.75) is 25.3 Å². The zero-order valence-electron chi connectivity index (χ0n) is 16.0. The summed E-state index contributed by atoms with van der Waals surface area (Å²) in [5.74, 6) is 2.11. The zero-order valence-corrected chi connectivity index (χ0v) is 16.0. The zero-order chi connectivity index (χ0) is 19.3. The minimum atomic E-state index is 0.0366. The molecule has 4 rings (SSSR count). The van der Waals surface area contributed by atoms with Crippen molar-refractivity contribution in [2.24, 2.45) is 0 Å². The molecule has 0 radical (unpaired) electrons. The van der Waals surface area contributed by atoms with Crippen LogP contribution in [-0.4, -0.2) is 52.1 Å². The Balaban J connectivity index is 1.34. The molecule has 1 saturated heterocycles. The Morgan fingerprint density at radius 2 is 2.18 bits per heavy atom. The molecule has 7 heteroatoms. The maximum atomic E-state index is 12.4. The molecule has 1 fully saturated rings. The number of nitrogens with one attached hydrogen (secondary N) is 1. The number of methoxy groups -OCH3 is 1. The van der Waals surface area contributed by atoms with Crippen LogP contribution in [0.2, 0.25) is 0 Å². The molecule has 7 nitrogen and oxygen atoms in total. The van der Waals surface area contributed by atoms with Crippen molar-refractivity contribution >= 4 is 11.6 Å². The number of hydrogen-bond donors (Lipinski definition) is 1. The summed E-state index contributed by atoms with van der Waals surface area (Å²) >= 11 is 0. The highest BCUT2D eigenvalue weighted by Gasteiger charge is 2.26. The Bertz CT molecular complexity index is 955. The highest BCUT2D eigenvalue weighted by atomic mass is 16.5. The fraction of sp³-hybridized carbons (Fsp3) is 0.381. The van der Waals surface area contributed by atoms with Gasteiger partial charge >= 0.3 is 0 Å². The summed E-state index contributed by atoms with van der Waals surface area (Å²) in [6, 6.07) is 13.7. The van der Waals surface area contributed by atoms with E-state index in [0.29, 0.717) is 13.1 Å². The first-order valence-corrected chi connectivity index (χ1v) is 9.64. The molecule has 0 bridgehead atoms. The lowest BCUT2D eigenvalue weighted by Crippen LogP contribution is -2.42. The van der Waals surface area contributed by atoms with Crippen LogP contribution in [-0.2, 0) is 11.3 Å². The molecule has 28 heavy (non-hydrogen) atoms. The van der Waals surface area contributed by atoms with E-state index in [2.05, 4.69) is 24.8 Å². The molecular formula is C21H25N5O2. The molecule has 146 valence electrons. The molecular weight excluding hydrogens is 354 g/mol. The Morgan fingerprint density at radius 3 is 3.07 bits per heavy atom. The number of benzene rings is 1. The maximum absolute atomic E-state index is 12.4. The summed E-state index contributed by atoms with van der Waals surface area (Å²) in [5.41, 5.74) is 1.89. The first-order valence-electron chi connectivity index (χ1n) is 9.64. The molecule has 0 unspecified atom stereocenters. The van der Waals surface area contributed by atoms with Gasteiger partial charge in [-0.25, -0.2) is 0 Å². The van der Waals surface area contributed by atoms with Crippen LogP contribution < -0.4 is 10.1 Å². The summed E-state index contributed by atoms with van der Waals surface area (Å²) in [7, 11) is 1.64. The van der Waals surface area contributed by atoms with Crippen molar-refractivity contribution in [3.05, 3.63) is 60.0 Å². The molecule has 1 atom stereocenters. The van der Waals surface area contributed by atoms with E-state index in [0.717, 1.165) is 48.7 Å². The summed E-state index contributed by atoms with van der Waals surface area (Å²) in [6.07, 6.45) is 4.12. The van der Waals surface area contributed by atoms with Crippen LogP contribution >= 0.6 is 0 Å². The fourth-order valence-corrected chi connectivity index (χ4v) is 3.79. The van der Waals surface area contributed by atoms with E-state index >= 15 is 0 Å². The van der Waals surface area contributed by atoms with Gasteiger partial charge in [0.2, 0.25) is 5.91 Å². The van der Waals surface area contributed by atoms with Gasteiger partial charge < -0.3 is 10.1 Å². The van der Waals surface area contributed by atoms with Gasteiger partial charge in [0.15, 0.2) is 5.65 Å². The summed E-state index contributed by atoms with van der Waals surface area (Å²) < 4.78 is 7.28. The number of ether oxygens (including phenoxy) is 1. The van der Waals surface area contributed by atoms with Gasteiger partial charge in [-0.2, -0.15) is 0 Å². The second kappa shape index (κ2) is 8.39. The topological polar surface area (TPSA) is 71.8 Å². The lowest BCUT2D eigenvalue weighted by molar-refractivity contribution is -0.122. The van der Waals surface area contributed by atoms with Crippen molar-refractivity contribution < 1.29 is 9.53 Å². The largest absolute Gasteiger partial charge is 0.497 e. The number of hydrogen-bond acceptors (Lipinski definition) is 5. The van der Waals surface area contributed by atoms with Crippen molar-refractivity contribution in [2.75, 3.05) is 26.7 Å². The van der Waals surface area contributed by atoms with Crippen LogP contribution in [0.25, 0.3) is 5.65 Å². The Kier molecular flexibility index (Phi) is 5.53. The highest BCUT2D eigenvalue weighted by molar-refractivity contribution is 5.78. The molecule has 1 aromatic carbocycles. The average molecular weight is 379 g/mol. The van der Waals surface area contributed by atoms with Crippen LogP contribution in [0, 0.1) is 0 Å². The van der Waals surface area contributed by atoms with Crippen LogP contribution in [0.3, 0.4) is 0 Å². The summed E-state index contributed by atoms with van der Waals surface area (Å²) in [4.78, 5) is 14.6. The Labute approximate surface area is 164 Å². The molecule has 1 aliphatic rings. The van der Waals surface area contributed by atoms with E-state index < -0.39 is 0 Å². The molecule has 3 aromatic rings. The van der Waals surface area contributed by atoms with Crippen molar-refractivity contribution in [3.8, 4) is 5.75 Å². The van der Waals surface area contributed by atoms with Crippen LogP contribution in [0.5, 0.6) is 5.75 Å². The lowest BCUT2D eigenvalue weighted by Gasteiger charge is -2.31. The van der Waals surface area contributed by atoms with Gasteiger partial charge in [-0.3, -0.25) is 14.1 Å². The molecule has 0 saturated carbocycles. The minimum Gasteiger partial charge on any atom is -0.497 e. The second-order valence-electron chi connectivity index (χ2n) is 7.19. The predicted octanol–water partition coefficient (Wildman–Crippen LogP) is 2.23. The number of fused-ring (bicyclic) bond motifs is 1. The molecule has 0 spiro atoms. The minimum absolute atomic E-state index is 0.0366. The molecule has 1 amide bonds. The Hall–Kier alpha value is -2.93. The van der Waals surface area contributed by atoms with Crippen LogP contribution in [0.1, 0.15) is 30.1 Å². The van der Waals surface area contributed by atoms with Gasteiger partial charge in [0.25, 0.3) is 0 Å². The number of likely N-dealkylation sites (tertiary alicyclic amines) is 1. The van der Waals surface area contributed by atoms with Gasteiger partial charge in [0.1, 0.15) is 11.6 Å². The molecule has 2 aromatic heterocycles. The van der Waals surface area contributed by atoms with Gasteiger partial charge in [-0.15, -0.1) is 10.2 Å². The summed E-state index contributed by atoms with van der Waals surface area (Å²) in [6.45, 7) is 2.65. The second-order valence-corrected chi connectivity index (χ2v) is 7.19. The van der Waals surface area contributed by atoms with E-state index in [1.165, 1.54) is 0 Å². The first-order chi connectivity index (χ1) is 13.7. The maximum Gasteiger partial charge on any atom is 0.234 e. The average Bonchev–Trinajstić information content (AvgIpc) is 3.17. The number of aromatic nitrogens is 3. The first kappa shape index (κ1) is 18.4.